The van der Waals surface area contributed by atoms with Crippen LogP contribution in [0.3, 0.4) is 0 Å². The zero-order valence-corrected chi connectivity index (χ0v) is 21.4. The lowest BCUT2D eigenvalue weighted by molar-refractivity contribution is 0.0697. The number of rotatable bonds is 8. The largest absolute Gasteiger partial charge is 0.478 e. The van der Waals surface area contributed by atoms with E-state index in [1.165, 1.54) is 6.07 Å². The minimum atomic E-state index is -1.17. The molecule has 192 valence electrons. The number of hydrogen-bond donors (Lipinski definition) is 3. The van der Waals surface area contributed by atoms with Gasteiger partial charge in [-0.05, 0) is 42.3 Å². The predicted octanol–water partition coefficient (Wildman–Crippen LogP) is 6.13. The van der Waals surface area contributed by atoms with Gasteiger partial charge in [0, 0.05) is 34.7 Å². The molecule has 1 aliphatic carbocycles. The summed E-state index contributed by atoms with van der Waals surface area (Å²) in [6.45, 7) is 0.332. The van der Waals surface area contributed by atoms with E-state index in [-0.39, 0.29) is 29.0 Å². The highest BCUT2D eigenvalue weighted by molar-refractivity contribution is 6.34. The van der Waals surface area contributed by atoms with Crippen molar-refractivity contribution < 1.29 is 19.4 Å². The molecule has 0 spiro atoms. The van der Waals surface area contributed by atoms with Crippen LogP contribution in [0.15, 0.2) is 85.0 Å². The molecule has 2 atom stereocenters. The number of H-pyrrole nitrogens is 1. The summed E-state index contributed by atoms with van der Waals surface area (Å²) in [7, 11) is 1.59. The molecule has 1 unspecified atom stereocenters. The molecule has 0 fully saturated rings. The number of benzene rings is 3. The number of aromatic amines is 1. The van der Waals surface area contributed by atoms with Crippen molar-refractivity contribution in [3.8, 4) is 22.5 Å². The van der Waals surface area contributed by atoms with E-state index in [1.54, 1.807) is 31.4 Å². The topological polar surface area (TPSA) is 104 Å². The van der Waals surface area contributed by atoms with E-state index in [0.29, 0.717) is 34.1 Å². The molecule has 1 aliphatic rings. The predicted molar refractivity (Wildman–Crippen MR) is 148 cm³/mol. The zero-order chi connectivity index (χ0) is 26.6. The first-order valence-corrected chi connectivity index (χ1v) is 12.6. The molecule has 0 saturated heterocycles. The molecule has 1 amide bonds. The molecule has 7 nitrogen and oxygen atoms in total. The van der Waals surface area contributed by atoms with E-state index < -0.39 is 5.97 Å². The van der Waals surface area contributed by atoms with E-state index in [4.69, 9.17) is 16.3 Å². The molecule has 0 aliphatic heterocycles. The van der Waals surface area contributed by atoms with Gasteiger partial charge in [-0.1, -0.05) is 66.2 Å². The molecule has 1 heterocycles. The maximum absolute atomic E-state index is 13.2. The lowest BCUT2D eigenvalue weighted by Gasteiger charge is -2.26. The number of halogens is 1. The molecule has 5 rings (SSSR count). The standard InChI is InChI=1S/C30H26ClN3O4/c1-38-17-26(18-8-3-2-4-9-18)34-29(35)19-14-15-20(22(16-19)30(36)37)27-21(10-7-11-23(27)31)28-32-24-12-5-6-13-25(24)33-28/h2-8,10-16,18,26H,9,17H2,1H3,(H,32,33)(H,34,35)(H,36,37)/t18?,26-/m1/s1. The average Bonchev–Trinajstić information content (AvgIpc) is 3.37. The van der Waals surface area contributed by atoms with Crippen molar-refractivity contribution in [2.45, 2.75) is 12.5 Å². The van der Waals surface area contributed by atoms with Gasteiger partial charge in [-0.2, -0.15) is 0 Å². The zero-order valence-electron chi connectivity index (χ0n) is 20.6. The van der Waals surface area contributed by atoms with Crippen LogP contribution in [0.25, 0.3) is 33.5 Å². The highest BCUT2D eigenvalue weighted by Crippen LogP contribution is 2.39. The fourth-order valence-corrected chi connectivity index (χ4v) is 5.03. The Kier molecular flexibility index (Phi) is 7.40. The number of aromatic nitrogens is 2. The van der Waals surface area contributed by atoms with Crippen LogP contribution in [-0.2, 0) is 4.74 Å². The third-order valence-electron chi connectivity index (χ3n) is 6.63. The lowest BCUT2D eigenvalue weighted by Crippen LogP contribution is -2.43. The Morgan fingerprint density at radius 3 is 2.71 bits per heavy atom. The van der Waals surface area contributed by atoms with Crippen LogP contribution >= 0.6 is 11.6 Å². The van der Waals surface area contributed by atoms with Crippen LogP contribution in [0.5, 0.6) is 0 Å². The normalized spacial score (nSPS) is 15.5. The summed E-state index contributed by atoms with van der Waals surface area (Å²) in [6, 6.07) is 17.3. The van der Waals surface area contributed by atoms with Crippen molar-refractivity contribution in [2.75, 3.05) is 13.7 Å². The summed E-state index contributed by atoms with van der Waals surface area (Å²) in [5.74, 6) is -0.893. The number of imidazole rings is 1. The maximum Gasteiger partial charge on any atom is 0.336 e. The lowest BCUT2D eigenvalue weighted by atomic mass is 9.92. The Morgan fingerprint density at radius 1 is 1.13 bits per heavy atom. The number of hydrogen-bond acceptors (Lipinski definition) is 4. The molecular weight excluding hydrogens is 502 g/mol. The quantitative estimate of drug-likeness (QED) is 0.256. The van der Waals surface area contributed by atoms with Gasteiger partial charge in [0.05, 0.1) is 29.2 Å². The number of methoxy groups -OCH3 is 1. The number of carbonyl (C=O) groups excluding carboxylic acids is 1. The van der Waals surface area contributed by atoms with Crippen molar-refractivity contribution in [2.24, 2.45) is 5.92 Å². The van der Waals surface area contributed by atoms with Gasteiger partial charge in [0.15, 0.2) is 0 Å². The van der Waals surface area contributed by atoms with Crippen LogP contribution in [0.1, 0.15) is 27.1 Å². The molecule has 3 N–H and O–H groups in total. The molecule has 0 radical (unpaired) electrons. The molecule has 38 heavy (non-hydrogen) atoms. The SMILES string of the molecule is COC[C@@H](NC(=O)c1ccc(-c2c(Cl)cccc2-c2nc3ccccc3[nH]2)c(C(=O)O)c1)C1C=CC=CC1. The number of para-hydroxylation sites is 2. The number of carboxylic acids is 1. The number of carboxylic acid groups (broad SMARTS) is 1. The number of carbonyl (C=O) groups is 2. The van der Waals surface area contributed by atoms with Gasteiger partial charge in [0.1, 0.15) is 5.82 Å². The van der Waals surface area contributed by atoms with Crippen molar-refractivity contribution >= 4 is 34.5 Å². The monoisotopic (exact) mass is 527 g/mol. The number of ether oxygens (including phenoxy) is 1. The Morgan fingerprint density at radius 2 is 1.97 bits per heavy atom. The number of nitrogens with zero attached hydrogens (tertiary/aromatic N) is 1. The molecule has 1 aromatic heterocycles. The van der Waals surface area contributed by atoms with Crippen molar-refractivity contribution in [3.63, 3.8) is 0 Å². The molecular formula is C30H26ClN3O4. The van der Waals surface area contributed by atoms with Crippen molar-refractivity contribution in [1.82, 2.24) is 15.3 Å². The fourth-order valence-electron chi connectivity index (χ4n) is 4.76. The maximum atomic E-state index is 13.2. The first-order valence-electron chi connectivity index (χ1n) is 12.2. The third-order valence-corrected chi connectivity index (χ3v) is 6.95. The van der Waals surface area contributed by atoms with Crippen LogP contribution in [0.2, 0.25) is 5.02 Å². The van der Waals surface area contributed by atoms with Gasteiger partial charge in [-0.3, -0.25) is 4.79 Å². The minimum Gasteiger partial charge on any atom is -0.478 e. The first-order chi connectivity index (χ1) is 18.5. The summed E-state index contributed by atoms with van der Waals surface area (Å²) < 4.78 is 5.33. The van der Waals surface area contributed by atoms with Crippen LogP contribution in [0, 0.1) is 5.92 Å². The average molecular weight is 528 g/mol. The van der Waals surface area contributed by atoms with E-state index in [1.807, 2.05) is 54.6 Å². The molecule has 4 aromatic rings. The highest BCUT2D eigenvalue weighted by Gasteiger charge is 2.25. The summed E-state index contributed by atoms with van der Waals surface area (Å²) in [6.07, 6.45) is 8.77. The van der Waals surface area contributed by atoms with E-state index in [0.717, 1.165) is 17.5 Å². The van der Waals surface area contributed by atoms with Crippen molar-refractivity contribution in [3.05, 3.63) is 101 Å². The molecule has 0 saturated carbocycles. The number of fused-ring (bicyclic) bond motifs is 1. The summed E-state index contributed by atoms with van der Waals surface area (Å²) in [5.41, 5.74) is 3.41. The second-order valence-electron chi connectivity index (χ2n) is 9.08. The second-order valence-corrected chi connectivity index (χ2v) is 9.49. The second kappa shape index (κ2) is 11.0. The summed E-state index contributed by atoms with van der Waals surface area (Å²) in [5, 5.41) is 13.5. The van der Waals surface area contributed by atoms with Gasteiger partial charge in [-0.25, -0.2) is 9.78 Å². The first kappa shape index (κ1) is 25.4. The molecule has 8 heteroatoms. The highest BCUT2D eigenvalue weighted by atomic mass is 35.5. The van der Waals surface area contributed by atoms with E-state index in [2.05, 4.69) is 15.3 Å². The third kappa shape index (κ3) is 5.11. The number of nitrogens with one attached hydrogen (secondary N) is 2. The van der Waals surface area contributed by atoms with Crippen LogP contribution in [0.4, 0.5) is 0 Å². The van der Waals surface area contributed by atoms with Crippen molar-refractivity contribution in [1.29, 1.82) is 0 Å². The van der Waals surface area contributed by atoms with Gasteiger partial charge in [0.2, 0.25) is 0 Å². The van der Waals surface area contributed by atoms with Gasteiger partial charge < -0.3 is 20.1 Å². The summed E-state index contributed by atoms with van der Waals surface area (Å²) >= 11 is 6.64. The fraction of sp³-hybridized carbons (Fsp3) is 0.167. The number of aromatic carboxylic acids is 1. The summed E-state index contributed by atoms with van der Waals surface area (Å²) in [4.78, 5) is 33.6. The molecule has 3 aromatic carbocycles. The van der Waals surface area contributed by atoms with Crippen LogP contribution in [-0.4, -0.2) is 46.7 Å². The Bertz CT molecular complexity index is 1540. The van der Waals surface area contributed by atoms with Crippen LogP contribution < -0.4 is 5.32 Å². The number of allylic oxidation sites excluding steroid dienone is 3. The van der Waals surface area contributed by atoms with E-state index >= 15 is 0 Å². The Hall–Kier alpha value is -4.20. The minimum absolute atomic E-state index is 0.0353. The van der Waals surface area contributed by atoms with Gasteiger partial charge in [-0.15, -0.1) is 0 Å². The smallest absolute Gasteiger partial charge is 0.336 e. The van der Waals surface area contributed by atoms with E-state index in [9.17, 15) is 14.7 Å². The van der Waals surface area contributed by atoms with Gasteiger partial charge in [0.25, 0.3) is 5.91 Å². The Labute approximate surface area is 224 Å². The number of amides is 1. The molecule has 0 bridgehead atoms. The van der Waals surface area contributed by atoms with Gasteiger partial charge >= 0.3 is 5.97 Å². The Balaban J connectivity index is 1.52.